The number of nitrogens with zero attached hydrogens (tertiary/aromatic N) is 2. The summed E-state index contributed by atoms with van der Waals surface area (Å²) < 4.78 is 0. The number of nitrogens with one attached hydrogen (secondary N) is 2. The van der Waals surface area contributed by atoms with Gasteiger partial charge in [-0.3, -0.25) is 14.7 Å². The lowest BCUT2D eigenvalue weighted by Crippen LogP contribution is -2.65. The maximum Gasteiger partial charge on any atom is 0.326 e. The number of imide groups is 1. The fraction of sp³-hybridized carbons (Fsp3) is 0.529. The number of hydrazine groups is 1. The van der Waals surface area contributed by atoms with Gasteiger partial charge >= 0.3 is 6.03 Å². The lowest BCUT2D eigenvalue weighted by molar-refractivity contribution is -0.136. The summed E-state index contributed by atoms with van der Waals surface area (Å²) in [6.45, 7) is 0.557. The van der Waals surface area contributed by atoms with Gasteiger partial charge in [-0.25, -0.2) is 10.2 Å². The number of rotatable bonds is 2. The SMILES string of the molecule is O=C1NC2C(CNN2c2ccccc2)C(=O)N1C1CCCCC1. The summed E-state index contributed by atoms with van der Waals surface area (Å²) in [5.74, 6) is -0.258. The van der Waals surface area contributed by atoms with Crippen molar-refractivity contribution in [1.82, 2.24) is 15.6 Å². The Morgan fingerprint density at radius 3 is 2.48 bits per heavy atom. The lowest BCUT2D eigenvalue weighted by atomic mass is 9.92. The van der Waals surface area contributed by atoms with E-state index in [0.29, 0.717) is 6.54 Å². The van der Waals surface area contributed by atoms with Crippen molar-refractivity contribution in [3.8, 4) is 0 Å². The highest BCUT2D eigenvalue weighted by Crippen LogP contribution is 2.31. The molecule has 0 aromatic heterocycles. The molecular formula is C17H22N4O2. The average molecular weight is 314 g/mol. The fourth-order valence-corrected chi connectivity index (χ4v) is 3.97. The van der Waals surface area contributed by atoms with Crippen LogP contribution in [0.15, 0.2) is 30.3 Å². The van der Waals surface area contributed by atoms with E-state index in [0.717, 1.165) is 31.4 Å². The average Bonchev–Trinajstić information content (AvgIpc) is 3.00. The summed E-state index contributed by atoms with van der Waals surface area (Å²) in [6.07, 6.45) is 4.97. The molecule has 23 heavy (non-hydrogen) atoms. The second-order valence-corrected chi connectivity index (χ2v) is 6.57. The molecule has 2 heterocycles. The van der Waals surface area contributed by atoms with Crippen LogP contribution in [0.1, 0.15) is 32.1 Å². The molecule has 1 saturated carbocycles. The number of carbonyl (C=O) groups is 2. The topological polar surface area (TPSA) is 64.7 Å². The number of anilines is 1. The summed E-state index contributed by atoms with van der Waals surface area (Å²) >= 11 is 0. The van der Waals surface area contributed by atoms with Gasteiger partial charge in [-0.05, 0) is 25.0 Å². The maximum absolute atomic E-state index is 12.9. The van der Waals surface area contributed by atoms with Crippen molar-refractivity contribution in [2.24, 2.45) is 5.92 Å². The molecule has 0 bridgehead atoms. The van der Waals surface area contributed by atoms with Gasteiger partial charge in [-0.2, -0.15) is 0 Å². The highest BCUT2D eigenvalue weighted by atomic mass is 16.2. The number of urea groups is 1. The predicted octanol–water partition coefficient (Wildman–Crippen LogP) is 1.84. The molecule has 1 aromatic rings. The van der Waals surface area contributed by atoms with Crippen LogP contribution in [0.5, 0.6) is 0 Å². The first-order valence-electron chi connectivity index (χ1n) is 8.47. The summed E-state index contributed by atoms with van der Waals surface area (Å²) in [6, 6.07) is 9.62. The number of amides is 3. The Hall–Kier alpha value is -2.08. The summed E-state index contributed by atoms with van der Waals surface area (Å²) in [7, 11) is 0. The van der Waals surface area contributed by atoms with Crippen LogP contribution in [-0.2, 0) is 4.79 Å². The van der Waals surface area contributed by atoms with E-state index < -0.39 is 0 Å². The minimum absolute atomic E-state index is 0.0309. The third-order valence-electron chi connectivity index (χ3n) is 5.16. The van der Waals surface area contributed by atoms with Crippen LogP contribution in [0.4, 0.5) is 10.5 Å². The van der Waals surface area contributed by atoms with Crippen LogP contribution in [-0.4, -0.2) is 35.6 Å². The predicted molar refractivity (Wildman–Crippen MR) is 86.5 cm³/mol. The third kappa shape index (κ3) is 2.47. The van der Waals surface area contributed by atoms with Crippen molar-refractivity contribution in [2.75, 3.05) is 11.6 Å². The molecule has 6 nitrogen and oxygen atoms in total. The highest BCUT2D eigenvalue weighted by molar-refractivity contribution is 6.00. The largest absolute Gasteiger partial charge is 0.326 e. The van der Waals surface area contributed by atoms with Gasteiger partial charge in [-0.1, -0.05) is 37.5 Å². The van der Waals surface area contributed by atoms with Gasteiger partial charge in [-0.15, -0.1) is 0 Å². The second kappa shape index (κ2) is 5.85. The zero-order valence-corrected chi connectivity index (χ0v) is 13.1. The molecule has 3 fully saturated rings. The molecule has 122 valence electrons. The number of hydrogen-bond donors (Lipinski definition) is 2. The van der Waals surface area contributed by atoms with E-state index in [4.69, 9.17) is 0 Å². The highest BCUT2D eigenvalue weighted by Gasteiger charge is 2.49. The van der Waals surface area contributed by atoms with Crippen molar-refractivity contribution in [3.63, 3.8) is 0 Å². The van der Waals surface area contributed by atoms with Crippen molar-refractivity contribution < 1.29 is 9.59 Å². The summed E-state index contributed by atoms with van der Waals surface area (Å²) in [5, 5.41) is 4.94. The minimum Gasteiger partial charge on any atom is -0.315 e. The number of fused-ring (bicyclic) bond motifs is 1. The van der Waals surface area contributed by atoms with Gasteiger partial charge in [0.15, 0.2) is 0 Å². The molecule has 2 unspecified atom stereocenters. The third-order valence-corrected chi connectivity index (χ3v) is 5.16. The van der Waals surface area contributed by atoms with E-state index in [1.54, 1.807) is 0 Å². The molecule has 2 saturated heterocycles. The quantitative estimate of drug-likeness (QED) is 0.874. The second-order valence-electron chi connectivity index (χ2n) is 6.57. The molecule has 3 amide bonds. The molecule has 2 atom stereocenters. The lowest BCUT2D eigenvalue weighted by Gasteiger charge is -2.41. The fourth-order valence-electron chi connectivity index (χ4n) is 3.97. The Morgan fingerprint density at radius 2 is 1.74 bits per heavy atom. The maximum atomic E-state index is 12.9. The number of hydrogen-bond acceptors (Lipinski definition) is 4. The van der Waals surface area contributed by atoms with Crippen molar-refractivity contribution in [3.05, 3.63) is 30.3 Å². The van der Waals surface area contributed by atoms with Gasteiger partial charge in [0.2, 0.25) is 5.91 Å². The van der Waals surface area contributed by atoms with Gasteiger partial charge in [0.25, 0.3) is 0 Å². The van der Waals surface area contributed by atoms with E-state index in [1.165, 1.54) is 11.3 Å². The van der Waals surface area contributed by atoms with Crippen LogP contribution >= 0.6 is 0 Å². The standard InChI is InChI=1S/C17H22N4O2/c22-16-14-11-18-21(13-9-5-2-6-10-13)15(14)19-17(23)20(16)12-7-3-1-4-8-12/h2,5-6,9-10,12,14-15,18H,1,3-4,7-8,11H2,(H,19,23). The van der Waals surface area contributed by atoms with Gasteiger partial charge in [0.1, 0.15) is 6.17 Å². The normalized spacial score (nSPS) is 28.7. The number of carbonyl (C=O) groups excluding carboxylic acids is 2. The molecular weight excluding hydrogens is 292 g/mol. The van der Waals surface area contributed by atoms with Gasteiger partial charge in [0, 0.05) is 12.6 Å². The Labute approximate surface area is 135 Å². The molecule has 2 N–H and O–H groups in total. The Bertz CT molecular complexity index is 600. The first-order chi connectivity index (χ1) is 11.3. The van der Waals surface area contributed by atoms with Gasteiger partial charge < -0.3 is 5.32 Å². The van der Waals surface area contributed by atoms with Crippen LogP contribution in [0.2, 0.25) is 0 Å². The first-order valence-corrected chi connectivity index (χ1v) is 8.47. The monoisotopic (exact) mass is 314 g/mol. The van der Waals surface area contributed by atoms with Crippen LogP contribution in [0, 0.1) is 5.92 Å². The van der Waals surface area contributed by atoms with Crippen molar-refractivity contribution >= 4 is 17.6 Å². The zero-order valence-electron chi connectivity index (χ0n) is 13.1. The molecule has 0 radical (unpaired) electrons. The zero-order chi connectivity index (χ0) is 15.8. The Kier molecular flexibility index (Phi) is 3.69. The number of benzene rings is 1. The van der Waals surface area contributed by atoms with Crippen LogP contribution < -0.4 is 15.8 Å². The van der Waals surface area contributed by atoms with E-state index in [2.05, 4.69) is 10.7 Å². The van der Waals surface area contributed by atoms with E-state index in [1.807, 2.05) is 35.3 Å². The smallest absolute Gasteiger partial charge is 0.315 e. The molecule has 6 heteroatoms. The molecule has 1 aliphatic carbocycles. The molecule has 1 aromatic carbocycles. The molecule has 2 aliphatic heterocycles. The van der Waals surface area contributed by atoms with Crippen molar-refractivity contribution in [1.29, 1.82) is 0 Å². The van der Waals surface area contributed by atoms with E-state index in [9.17, 15) is 9.59 Å². The summed E-state index contributed by atoms with van der Waals surface area (Å²) in [5.41, 5.74) is 4.22. The molecule has 4 rings (SSSR count). The Balaban J connectivity index is 1.55. The first kappa shape index (κ1) is 14.5. The van der Waals surface area contributed by atoms with Crippen LogP contribution in [0.3, 0.4) is 0 Å². The molecule has 3 aliphatic rings. The van der Waals surface area contributed by atoms with E-state index >= 15 is 0 Å². The van der Waals surface area contributed by atoms with Crippen molar-refractivity contribution in [2.45, 2.75) is 44.3 Å². The molecule has 0 spiro atoms. The van der Waals surface area contributed by atoms with Gasteiger partial charge in [0.05, 0.1) is 11.6 Å². The van der Waals surface area contributed by atoms with Crippen LogP contribution in [0.25, 0.3) is 0 Å². The minimum atomic E-state index is -0.308. The number of para-hydroxylation sites is 1. The van der Waals surface area contributed by atoms with E-state index in [-0.39, 0.29) is 30.1 Å². The summed E-state index contributed by atoms with van der Waals surface area (Å²) in [4.78, 5) is 27.0. The Morgan fingerprint density at radius 1 is 1.00 bits per heavy atom.